The summed E-state index contributed by atoms with van der Waals surface area (Å²) in [5.74, 6) is 0.994. The van der Waals surface area contributed by atoms with Crippen LogP contribution in [0.1, 0.15) is 16.1 Å². The number of aromatic nitrogens is 5. The molecule has 3 aromatic heterocycles. The first-order valence-corrected chi connectivity index (χ1v) is 9.71. The van der Waals surface area contributed by atoms with Crippen LogP contribution in [0.3, 0.4) is 0 Å². The highest BCUT2D eigenvalue weighted by Gasteiger charge is 2.20. The number of methoxy groups -OCH3 is 1. The van der Waals surface area contributed by atoms with Gasteiger partial charge in [-0.2, -0.15) is 9.61 Å². The Morgan fingerprint density at radius 2 is 2.22 bits per heavy atom. The second-order valence-electron chi connectivity index (χ2n) is 6.61. The first-order chi connectivity index (χ1) is 13.2. The van der Waals surface area contributed by atoms with Crippen LogP contribution in [0.4, 0.5) is 5.95 Å². The van der Waals surface area contributed by atoms with Crippen molar-refractivity contribution in [3.8, 4) is 5.75 Å². The van der Waals surface area contributed by atoms with Gasteiger partial charge in [-0.3, -0.25) is 4.90 Å². The number of rotatable bonds is 4. The molecule has 5 rings (SSSR count). The van der Waals surface area contributed by atoms with Crippen molar-refractivity contribution in [1.82, 2.24) is 29.5 Å². The van der Waals surface area contributed by atoms with Crippen LogP contribution in [0, 0.1) is 0 Å². The molecule has 0 aliphatic carbocycles. The van der Waals surface area contributed by atoms with Gasteiger partial charge < -0.3 is 10.5 Å². The quantitative estimate of drug-likeness (QED) is 0.577. The van der Waals surface area contributed by atoms with Crippen LogP contribution >= 0.6 is 11.3 Å². The summed E-state index contributed by atoms with van der Waals surface area (Å²) in [7, 11) is 1.64. The molecular weight excluding hydrogens is 362 g/mol. The molecule has 0 fully saturated rings. The molecule has 8 nitrogen and oxygen atoms in total. The summed E-state index contributed by atoms with van der Waals surface area (Å²) in [6.07, 6.45) is 3.47. The Balaban J connectivity index is 1.51. The number of ether oxygens (including phenoxy) is 1. The van der Waals surface area contributed by atoms with Crippen LogP contribution < -0.4 is 10.5 Å². The number of hydrogen-bond acceptors (Lipinski definition) is 8. The number of thiazole rings is 1. The second-order valence-corrected chi connectivity index (χ2v) is 7.55. The molecule has 1 aromatic carbocycles. The van der Waals surface area contributed by atoms with Crippen molar-refractivity contribution >= 4 is 33.8 Å². The molecule has 4 aromatic rings. The zero-order valence-corrected chi connectivity index (χ0v) is 15.7. The monoisotopic (exact) mass is 381 g/mol. The SMILES string of the molecule is COc1ccc(CCN2CCc3scnc3C2)c2c1nc(N)n1ncnc21. The van der Waals surface area contributed by atoms with Crippen LogP contribution in [0.25, 0.3) is 16.6 Å². The van der Waals surface area contributed by atoms with Gasteiger partial charge in [0.1, 0.15) is 17.6 Å². The molecule has 0 spiro atoms. The molecule has 0 amide bonds. The Hall–Kier alpha value is -2.78. The van der Waals surface area contributed by atoms with E-state index < -0.39 is 0 Å². The van der Waals surface area contributed by atoms with E-state index in [0.717, 1.165) is 43.4 Å². The maximum Gasteiger partial charge on any atom is 0.223 e. The highest BCUT2D eigenvalue weighted by atomic mass is 32.1. The van der Waals surface area contributed by atoms with Crippen molar-refractivity contribution in [2.24, 2.45) is 0 Å². The molecule has 0 radical (unpaired) electrons. The van der Waals surface area contributed by atoms with E-state index in [0.29, 0.717) is 17.3 Å². The van der Waals surface area contributed by atoms with Crippen LogP contribution in [-0.2, 0) is 19.4 Å². The lowest BCUT2D eigenvalue weighted by Crippen LogP contribution is -2.31. The van der Waals surface area contributed by atoms with Gasteiger partial charge in [-0.15, -0.1) is 11.3 Å². The van der Waals surface area contributed by atoms with Crippen molar-refractivity contribution < 1.29 is 4.74 Å². The number of fused-ring (bicyclic) bond motifs is 4. The molecule has 138 valence electrons. The third-order valence-corrected chi connectivity index (χ3v) is 6.05. The number of benzene rings is 1. The van der Waals surface area contributed by atoms with Gasteiger partial charge in [0.25, 0.3) is 0 Å². The fraction of sp³-hybridized carbons (Fsp3) is 0.333. The van der Waals surface area contributed by atoms with Crippen molar-refractivity contribution in [1.29, 1.82) is 0 Å². The zero-order chi connectivity index (χ0) is 18.4. The van der Waals surface area contributed by atoms with Crippen LogP contribution in [0.15, 0.2) is 24.0 Å². The Kier molecular flexibility index (Phi) is 3.91. The Morgan fingerprint density at radius 3 is 3.11 bits per heavy atom. The van der Waals surface area contributed by atoms with Crippen LogP contribution in [0.2, 0.25) is 0 Å². The maximum atomic E-state index is 6.05. The van der Waals surface area contributed by atoms with Gasteiger partial charge in [0.2, 0.25) is 5.95 Å². The first-order valence-electron chi connectivity index (χ1n) is 8.83. The lowest BCUT2D eigenvalue weighted by Gasteiger charge is -2.26. The van der Waals surface area contributed by atoms with E-state index >= 15 is 0 Å². The number of anilines is 1. The predicted molar refractivity (Wildman–Crippen MR) is 104 cm³/mol. The van der Waals surface area contributed by atoms with E-state index in [1.165, 1.54) is 22.5 Å². The van der Waals surface area contributed by atoms with E-state index in [4.69, 9.17) is 10.5 Å². The lowest BCUT2D eigenvalue weighted by molar-refractivity contribution is 0.256. The zero-order valence-electron chi connectivity index (χ0n) is 14.9. The highest BCUT2D eigenvalue weighted by Crippen LogP contribution is 2.31. The molecule has 27 heavy (non-hydrogen) atoms. The van der Waals surface area contributed by atoms with E-state index in [1.807, 2.05) is 11.6 Å². The third kappa shape index (κ3) is 2.70. The van der Waals surface area contributed by atoms with Gasteiger partial charge in [-0.25, -0.2) is 15.0 Å². The van der Waals surface area contributed by atoms with Crippen molar-refractivity contribution in [3.63, 3.8) is 0 Å². The van der Waals surface area contributed by atoms with Crippen molar-refractivity contribution in [2.45, 2.75) is 19.4 Å². The van der Waals surface area contributed by atoms with Crippen molar-refractivity contribution in [3.05, 3.63) is 40.1 Å². The first kappa shape index (κ1) is 16.4. The van der Waals surface area contributed by atoms with Gasteiger partial charge in [-0.05, 0) is 24.5 Å². The molecule has 9 heteroatoms. The molecule has 0 unspecified atom stereocenters. The fourth-order valence-corrected chi connectivity index (χ4v) is 4.50. The summed E-state index contributed by atoms with van der Waals surface area (Å²) < 4.78 is 7.07. The topological polar surface area (TPSA) is 94.5 Å². The molecule has 0 saturated heterocycles. The van der Waals surface area contributed by atoms with Crippen molar-refractivity contribution in [2.75, 3.05) is 25.9 Å². The minimum absolute atomic E-state index is 0.303. The van der Waals surface area contributed by atoms with E-state index in [9.17, 15) is 0 Å². The van der Waals surface area contributed by atoms with Crippen LogP contribution in [0.5, 0.6) is 5.75 Å². The molecule has 2 N–H and O–H groups in total. The number of hydrogen-bond donors (Lipinski definition) is 1. The third-order valence-electron chi connectivity index (χ3n) is 5.11. The molecule has 0 atom stereocenters. The molecule has 0 saturated carbocycles. The maximum absolute atomic E-state index is 6.05. The average molecular weight is 381 g/mol. The number of nitrogens with zero attached hydrogens (tertiary/aromatic N) is 6. The minimum Gasteiger partial charge on any atom is -0.494 e. The molecule has 1 aliphatic rings. The highest BCUT2D eigenvalue weighted by molar-refractivity contribution is 7.09. The summed E-state index contributed by atoms with van der Waals surface area (Å²) in [6, 6.07) is 4.04. The molecular formula is C18H19N7OS. The lowest BCUT2D eigenvalue weighted by atomic mass is 10.0. The van der Waals surface area contributed by atoms with Gasteiger partial charge in [0.05, 0.1) is 23.7 Å². The second kappa shape index (κ2) is 6.43. The Bertz CT molecular complexity index is 1140. The normalized spacial score (nSPS) is 14.7. The van der Waals surface area contributed by atoms with Gasteiger partial charge in [0, 0.05) is 24.5 Å². The smallest absolute Gasteiger partial charge is 0.223 e. The predicted octanol–water partition coefficient (Wildman–Crippen LogP) is 1.93. The van der Waals surface area contributed by atoms with E-state index in [1.54, 1.807) is 23.0 Å². The fourth-order valence-electron chi connectivity index (χ4n) is 3.73. The van der Waals surface area contributed by atoms with Gasteiger partial charge >= 0.3 is 0 Å². The summed E-state index contributed by atoms with van der Waals surface area (Å²) >= 11 is 1.76. The summed E-state index contributed by atoms with van der Waals surface area (Å²) in [4.78, 5) is 17.3. The Labute approximate surface area is 159 Å². The van der Waals surface area contributed by atoms with Crippen LogP contribution in [-0.4, -0.2) is 49.7 Å². The summed E-state index contributed by atoms with van der Waals surface area (Å²) in [5.41, 5.74) is 11.8. The summed E-state index contributed by atoms with van der Waals surface area (Å²) in [6.45, 7) is 2.93. The summed E-state index contributed by atoms with van der Waals surface area (Å²) in [5, 5.41) is 5.15. The largest absolute Gasteiger partial charge is 0.494 e. The number of nitrogen functional groups attached to an aromatic ring is 1. The van der Waals surface area contributed by atoms with E-state index in [-0.39, 0.29) is 0 Å². The van der Waals surface area contributed by atoms with Gasteiger partial charge in [-0.1, -0.05) is 6.07 Å². The number of nitrogens with two attached hydrogens (primary N) is 1. The standard InChI is InChI=1S/C18H19N7OS/c1-26-13-3-2-11(4-6-24-7-5-14-12(8-24)21-10-27-14)15-16(13)23-18(19)25-17(15)20-9-22-25/h2-3,9-10H,4-8H2,1H3,(H2,19,23). The molecule has 1 aliphatic heterocycles. The molecule has 0 bridgehead atoms. The Morgan fingerprint density at radius 1 is 1.30 bits per heavy atom. The average Bonchev–Trinajstić information content (AvgIpc) is 3.35. The van der Waals surface area contributed by atoms with Gasteiger partial charge in [0.15, 0.2) is 5.65 Å². The van der Waals surface area contributed by atoms with E-state index in [2.05, 4.69) is 31.0 Å². The minimum atomic E-state index is 0.303. The molecule has 4 heterocycles.